The van der Waals surface area contributed by atoms with Crippen molar-refractivity contribution >= 4 is 16.8 Å². The average Bonchev–Trinajstić information content (AvgIpc) is 2.41. The Balaban J connectivity index is 3.04. The number of carbonyl (C=O) groups excluding carboxylic acids is 1. The number of hydrogen-bond acceptors (Lipinski definition) is 3. The summed E-state index contributed by atoms with van der Waals surface area (Å²) in [5.41, 5.74) is 0. The van der Waals surface area contributed by atoms with E-state index in [0.29, 0.717) is 12.8 Å². The number of halogens is 2. The minimum atomic E-state index is -1.96. The fourth-order valence-electron chi connectivity index (χ4n) is 1.62. The molecule has 2 atom stereocenters. The fraction of sp³-hybridized carbons (Fsp3) is 0.462. The van der Waals surface area contributed by atoms with E-state index < -0.39 is 33.7 Å². The summed E-state index contributed by atoms with van der Waals surface area (Å²) in [4.78, 5) is 11.3. The second-order valence-corrected chi connectivity index (χ2v) is 5.63. The zero-order valence-electron chi connectivity index (χ0n) is 10.8. The predicted molar refractivity (Wildman–Crippen MR) is 68.1 cm³/mol. The summed E-state index contributed by atoms with van der Waals surface area (Å²) >= 11 is 0. The molecule has 106 valence electrons. The average molecular weight is 290 g/mol. The maximum Gasteiger partial charge on any atom is 0.321 e. The molecule has 0 aliphatic rings. The Morgan fingerprint density at radius 3 is 2.68 bits per heavy atom. The SMILES string of the molecule is CCCCC(C(=O)OC)S(=O)c1cc(F)ccc1F. The van der Waals surface area contributed by atoms with E-state index in [1.54, 1.807) is 0 Å². The number of benzene rings is 1. The van der Waals surface area contributed by atoms with Crippen LogP contribution in [0.1, 0.15) is 26.2 Å². The van der Waals surface area contributed by atoms with Gasteiger partial charge in [-0.25, -0.2) is 8.78 Å². The molecule has 1 aromatic carbocycles. The summed E-state index contributed by atoms with van der Waals surface area (Å²) in [6.07, 6.45) is 1.77. The smallest absolute Gasteiger partial charge is 0.321 e. The summed E-state index contributed by atoms with van der Waals surface area (Å²) in [6, 6.07) is 2.69. The monoisotopic (exact) mass is 290 g/mol. The Hall–Kier alpha value is -1.30. The lowest BCUT2D eigenvalue weighted by atomic mass is 10.2. The van der Waals surface area contributed by atoms with Crippen LogP contribution >= 0.6 is 0 Å². The predicted octanol–water partition coefficient (Wildman–Crippen LogP) is 2.80. The van der Waals surface area contributed by atoms with Crippen molar-refractivity contribution in [3.05, 3.63) is 29.8 Å². The van der Waals surface area contributed by atoms with Gasteiger partial charge in [0.1, 0.15) is 16.9 Å². The van der Waals surface area contributed by atoms with Gasteiger partial charge in [0.05, 0.1) is 22.8 Å². The summed E-state index contributed by atoms with van der Waals surface area (Å²) in [5.74, 6) is -2.15. The van der Waals surface area contributed by atoms with Crippen LogP contribution in [0.5, 0.6) is 0 Å². The first kappa shape index (κ1) is 15.8. The molecular formula is C13H16F2O3S. The molecule has 0 amide bonds. The van der Waals surface area contributed by atoms with Gasteiger partial charge in [-0.2, -0.15) is 0 Å². The second kappa shape index (κ2) is 7.33. The standard InChI is InChI=1S/C13H16F2O3S/c1-3-4-5-11(13(16)18-2)19(17)12-8-9(14)6-7-10(12)15/h6-8,11H,3-5H2,1-2H3. The molecule has 0 saturated carbocycles. The van der Waals surface area contributed by atoms with Crippen molar-refractivity contribution in [2.75, 3.05) is 7.11 Å². The molecule has 2 unspecified atom stereocenters. The van der Waals surface area contributed by atoms with Crippen LogP contribution in [0.3, 0.4) is 0 Å². The number of rotatable bonds is 6. The Morgan fingerprint density at radius 2 is 2.11 bits per heavy atom. The van der Waals surface area contributed by atoms with E-state index >= 15 is 0 Å². The van der Waals surface area contributed by atoms with Crippen LogP contribution in [0, 0.1) is 11.6 Å². The largest absolute Gasteiger partial charge is 0.468 e. The Bertz CT molecular complexity index is 477. The lowest BCUT2D eigenvalue weighted by Crippen LogP contribution is -2.28. The van der Waals surface area contributed by atoms with Gasteiger partial charge in [0.2, 0.25) is 0 Å². The number of ether oxygens (including phenoxy) is 1. The van der Waals surface area contributed by atoms with E-state index in [0.717, 1.165) is 24.6 Å². The van der Waals surface area contributed by atoms with Crippen LogP contribution in [-0.2, 0) is 20.3 Å². The molecule has 19 heavy (non-hydrogen) atoms. The molecule has 1 aromatic rings. The van der Waals surface area contributed by atoms with Gasteiger partial charge >= 0.3 is 5.97 Å². The first-order valence-corrected chi connectivity index (χ1v) is 7.16. The molecule has 0 spiro atoms. The van der Waals surface area contributed by atoms with Gasteiger partial charge < -0.3 is 4.74 Å². The number of esters is 1. The van der Waals surface area contributed by atoms with Crippen molar-refractivity contribution in [1.29, 1.82) is 0 Å². The van der Waals surface area contributed by atoms with Crippen LogP contribution in [-0.4, -0.2) is 22.5 Å². The summed E-state index contributed by atoms with van der Waals surface area (Å²) in [5, 5.41) is -0.971. The molecule has 0 bridgehead atoms. The molecule has 0 fully saturated rings. The minimum absolute atomic E-state index is 0.300. The normalized spacial score (nSPS) is 13.9. The van der Waals surface area contributed by atoms with E-state index in [4.69, 9.17) is 0 Å². The molecule has 0 aromatic heterocycles. The minimum Gasteiger partial charge on any atom is -0.468 e. The van der Waals surface area contributed by atoms with Gasteiger partial charge in [0.15, 0.2) is 0 Å². The molecule has 0 aliphatic heterocycles. The first-order valence-electron chi connectivity index (χ1n) is 5.94. The molecule has 0 aliphatic carbocycles. The van der Waals surface area contributed by atoms with Crippen molar-refractivity contribution in [1.82, 2.24) is 0 Å². The van der Waals surface area contributed by atoms with Crippen molar-refractivity contribution < 1.29 is 22.5 Å². The molecule has 0 N–H and O–H groups in total. The highest BCUT2D eigenvalue weighted by Crippen LogP contribution is 2.21. The Morgan fingerprint density at radius 1 is 1.42 bits per heavy atom. The van der Waals surface area contributed by atoms with Crippen LogP contribution in [0.4, 0.5) is 8.78 Å². The van der Waals surface area contributed by atoms with Gasteiger partial charge in [-0.3, -0.25) is 9.00 Å². The van der Waals surface area contributed by atoms with Crippen LogP contribution < -0.4 is 0 Å². The topological polar surface area (TPSA) is 43.4 Å². The van der Waals surface area contributed by atoms with Crippen molar-refractivity contribution in [2.45, 2.75) is 36.3 Å². The van der Waals surface area contributed by atoms with E-state index in [1.807, 2.05) is 6.92 Å². The number of hydrogen-bond donors (Lipinski definition) is 0. The van der Waals surface area contributed by atoms with Crippen LogP contribution in [0.25, 0.3) is 0 Å². The second-order valence-electron chi connectivity index (χ2n) is 4.03. The van der Waals surface area contributed by atoms with E-state index in [9.17, 15) is 17.8 Å². The van der Waals surface area contributed by atoms with Gasteiger partial charge in [-0.1, -0.05) is 19.8 Å². The molecule has 1 rings (SSSR count). The van der Waals surface area contributed by atoms with E-state index in [2.05, 4.69) is 4.74 Å². The summed E-state index contributed by atoms with van der Waals surface area (Å²) in [6.45, 7) is 1.92. The fourth-order valence-corrected chi connectivity index (χ4v) is 3.07. The Kier molecular flexibility index (Phi) is 6.08. The number of unbranched alkanes of at least 4 members (excludes halogenated alkanes) is 1. The number of methoxy groups -OCH3 is 1. The highest BCUT2D eigenvalue weighted by atomic mass is 32.2. The van der Waals surface area contributed by atoms with Crippen molar-refractivity contribution in [3.63, 3.8) is 0 Å². The first-order chi connectivity index (χ1) is 9.01. The van der Waals surface area contributed by atoms with Crippen LogP contribution in [0.15, 0.2) is 23.1 Å². The van der Waals surface area contributed by atoms with Gasteiger partial charge in [-0.05, 0) is 24.6 Å². The number of carbonyl (C=O) groups is 1. The van der Waals surface area contributed by atoms with Crippen molar-refractivity contribution in [2.24, 2.45) is 0 Å². The third kappa shape index (κ3) is 4.09. The highest BCUT2D eigenvalue weighted by Gasteiger charge is 2.28. The maximum absolute atomic E-state index is 13.6. The van der Waals surface area contributed by atoms with Crippen LogP contribution in [0.2, 0.25) is 0 Å². The van der Waals surface area contributed by atoms with E-state index in [-0.39, 0.29) is 4.90 Å². The molecule has 0 heterocycles. The van der Waals surface area contributed by atoms with Gasteiger partial charge in [0.25, 0.3) is 0 Å². The lowest BCUT2D eigenvalue weighted by molar-refractivity contribution is -0.140. The zero-order valence-corrected chi connectivity index (χ0v) is 11.6. The van der Waals surface area contributed by atoms with Gasteiger partial charge in [-0.15, -0.1) is 0 Å². The maximum atomic E-state index is 13.6. The van der Waals surface area contributed by atoms with E-state index in [1.165, 1.54) is 7.11 Å². The van der Waals surface area contributed by atoms with Crippen molar-refractivity contribution in [3.8, 4) is 0 Å². The highest BCUT2D eigenvalue weighted by molar-refractivity contribution is 7.86. The Labute approximate surface area is 113 Å². The quantitative estimate of drug-likeness (QED) is 0.757. The third-order valence-corrected chi connectivity index (χ3v) is 4.34. The molecule has 6 heteroatoms. The zero-order chi connectivity index (χ0) is 14.4. The third-order valence-electron chi connectivity index (χ3n) is 2.65. The summed E-state index contributed by atoms with van der Waals surface area (Å²) < 4.78 is 43.4. The lowest BCUT2D eigenvalue weighted by Gasteiger charge is -2.14. The van der Waals surface area contributed by atoms with Gasteiger partial charge in [0, 0.05) is 0 Å². The molecular weight excluding hydrogens is 274 g/mol. The molecule has 0 radical (unpaired) electrons. The molecule has 0 saturated heterocycles. The summed E-state index contributed by atoms with van der Waals surface area (Å²) in [7, 11) is -0.783. The molecule has 3 nitrogen and oxygen atoms in total.